The SMILES string of the molecule is Cc1ccccc1-n1c(=S)[nH]c2sc3c(c2c1=O)CCC3. The Morgan fingerprint density at radius 2 is 2.10 bits per heavy atom. The highest BCUT2D eigenvalue weighted by Gasteiger charge is 2.22. The van der Waals surface area contributed by atoms with Crippen LogP contribution in [0.2, 0.25) is 0 Å². The zero-order chi connectivity index (χ0) is 14.6. The monoisotopic (exact) mass is 314 g/mol. The molecule has 0 radical (unpaired) electrons. The van der Waals surface area contributed by atoms with E-state index in [-0.39, 0.29) is 5.56 Å². The number of para-hydroxylation sites is 1. The lowest BCUT2D eigenvalue weighted by atomic mass is 10.2. The van der Waals surface area contributed by atoms with E-state index < -0.39 is 0 Å². The van der Waals surface area contributed by atoms with Gasteiger partial charge in [0.1, 0.15) is 4.83 Å². The second-order valence-corrected chi connectivity index (χ2v) is 6.91. The lowest BCUT2D eigenvalue weighted by molar-refractivity contribution is 0.908. The molecule has 1 aromatic carbocycles. The van der Waals surface area contributed by atoms with Gasteiger partial charge < -0.3 is 4.98 Å². The third kappa shape index (κ3) is 1.84. The number of thiophene rings is 1. The van der Waals surface area contributed by atoms with Crippen molar-refractivity contribution in [1.29, 1.82) is 0 Å². The predicted molar refractivity (Wildman–Crippen MR) is 89.4 cm³/mol. The fraction of sp³-hybridized carbons (Fsp3) is 0.250. The molecule has 0 fully saturated rings. The molecule has 5 heteroatoms. The molecule has 3 aromatic rings. The van der Waals surface area contributed by atoms with Gasteiger partial charge in [-0.1, -0.05) is 18.2 Å². The van der Waals surface area contributed by atoms with Crippen LogP contribution in [0.15, 0.2) is 29.1 Å². The maximum Gasteiger partial charge on any atom is 0.267 e. The molecule has 0 saturated heterocycles. The Labute approximate surface area is 130 Å². The highest BCUT2D eigenvalue weighted by molar-refractivity contribution is 7.71. The van der Waals surface area contributed by atoms with E-state index in [1.165, 1.54) is 10.4 Å². The lowest BCUT2D eigenvalue weighted by Crippen LogP contribution is -2.21. The molecule has 0 bridgehead atoms. The van der Waals surface area contributed by atoms with Crippen LogP contribution in [-0.2, 0) is 12.8 Å². The fourth-order valence-electron chi connectivity index (χ4n) is 3.11. The van der Waals surface area contributed by atoms with Crippen LogP contribution in [0, 0.1) is 11.7 Å². The van der Waals surface area contributed by atoms with Gasteiger partial charge in [0.2, 0.25) is 0 Å². The Kier molecular flexibility index (Phi) is 2.87. The third-order valence-electron chi connectivity index (χ3n) is 4.12. The number of aromatic amines is 1. The van der Waals surface area contributed by atoms with E-state index in [1.807, 2.05) is 31.2 Å². The first kappa shape index (κ1) is 13.0. The predicted octanol–water partition coefficient (Wildman–Crippen LogP) is 3.91. The molecule has 0 aliphatic heterocycles. The van der Waals surface area contributed by atoms with Gasteiger partial charge in [0.25, 0.3) is 5.56 Å². The van der Waals surface area contributed by atoms with Crippen LogP contribution >= 0.6 is 23.6 Å². The molecule has 106 valence electrons. The number of benzene rings is 1. The van der Waals surface area contributed by atoms with Crippen molar-refractivity contribution < 1.29 is 0 Å². The van der Waals surface area contributed by atoms with E-state index >= 15 is 0 Å². The zero-order valence-electron chi connectivity index (χ0n) is 11.6. The van der Waals surface area contributed by atoms with Gasteiger partial charge in [-0.05, 0) is 55.6 Å². The summed E-state index contributed by atoms with van der Waals surface area (Å²) >= 11 is 7.12. The summed E-state index contributed by atoms with van der Waals surface area (Å²) in [5, 5.41) is 0.837. The van der Waals surface area contributed by atoms with E-state index in [9.17, 15) is 4.79 Å². The number of rotatable bonds is 1. The maximum atomic E-state index is 13.0. The molecule has 0 amide bonds. The smallest absolute Gasteiger partial charge is 0.267 e. The van der Waals surface area contributed by atoms with Crippen molar-refractivity contribution >= 4 is 33.8 Å². The molecule has 2 heterocycles. The normalized spacial score (nSPS) is 13.8. The number of fused-ring (bicyclic) bond motifs is 3. The average molecular weight is 314 g/mol. The van der Waals surface area contributed by atoms with Gasteiger partial charge in [0.15, 0.2) is 4.77 Å². The largest absolute Gasteiger partial charge is 0.323 e. The minimum Gasteiger partial charge on any atom is -0.323 e. The van der Waals surface area contributed by atoms with Crippen molar-refractivity contribution in [3.63, 3.8) is 0 Å². The molecular formula is C16H14N2OS2. The van der Waals surface area contributed by atoms with Crippen LogP contribution in [0.4, 0.5) is 0 Å². The molecule has 3 nitrogen and oxygen atoms in total. The van der Waals surface area contributed by atoms with Crippen molar-refractivity contribution in [2.75, 3.05) is 0 Å². The Morgan fingerprint density at radius 3 is 2.90 bits per heavy atom. The van der Waals surface area contributed by atoms with E-state index in [4.69, 9.17) is 12.2 Å². The van der Waals surface area contributed by atoms with Crippen molar-refractivity contribution in [2.24, 2.45) is 0 Å². The molecule has 1 aliphatic carbocycles. The number of hydrogen-bond donors (Lipinski definition) is 1. The Balaban J connectivity index is 2.14. The molecule has 1 N–H and O–H groups in total. The second kappa shape index (κ2) is 4.64. The van der Waals surface area contributed by atoms with Crippen LogP contribution < -0.4 is 5.56 Å². The molecule has 2 aromatic heterocycles. The standard InChI is InChI=1S/C16H14N2OS2/c1-9-5-2-3-7-11(9)18-15(19)13-10-6-4-8-12(10)21-14(13)17-16(18)20/h2-3,5,7H,4,6,8H2,1H3,(H,17,20). The van der Waals surface area contributed by atoms with Crippen LogP contribution in [0.1, 0.15) is 22.4 Å². The number of aromatic nitrogens is 2. The van der Waals surface area contributed by atoms with Crippen molar-refractivity contribution in [3.05, 3.63) is 55.4 Å². The van der Waals surface area contributed by atoms with Crippen LogP contribution in [-0.4, -0.2) is 9.55 Å². The summed E-state index contributed by atoms with van der Waals surface area (Å²) in [6.07, 6.45) is 3.23. The van der Waals surface area contributed by atoms with Gasteiger partial charge in [-0.25, -0.2) is 0 Å². The van der Waals surface area contributed by atoms with Crippen LogP contribution in [0.25, 0.3) is 15.9 Å². The van der Waals surface area contributed by atoms with Gasteiger partial charge in [0, 0.05) is 4.88 Å². The number of hydrogen-bond acceptors (Lipinski definition) is 3. The first-order valence-electron chi connectivity index (χ1n) is 7.02. The minimum absolute atomic E-state index is 0.0162. The number of H-pyrrole nitrogens is 1. The van der Waals surface area contributed by atoms with Crippen LogP contribution in [0.3, 0.4) is 0 Å². The van der Waals surface area contributed by atoms with Crippen molar-refractivity contribution in [3.8, 4) is 5.69 Å². The quantitative estimate of drug-likeness (QED) is 0.692. The Morgan fingerprint density at radius 1 is 1.29 bits per heavy atom. The van der Waals surface area contributed by atoms with Crippen molar-refractivity contribution in [2.45, 2.75) is 26.2 Å². The Hall–Kier alpha value is -1.72. The molecule has 0 spiro atoms. The second-order valence-electron chi connectivity index (χ2n) is 5.42. The van der Waals surface area contributed by atoms with E-state index in [2.05, 4.69) is 4.98 Å². The van der Waals surface area contributed by atoms with E-state index in [1.54, 1.807) is 15.9 Å². The maximum absolute atomic E-state index is 13.0. The molecule has 0 unspecified atom stereocenters. The molecule has 0 atom stereocenters. The first-order valence-corrected chi connectivity index (χ1v) is 8.25. The third-order valence-corrected chi connectivity index (χ3v) is 5.61. The first-order chi connectivity index (χ1) is 10.2. The summed E-state index contributed by atoms with van der Waals surface area (Å²) in [4.78, 5) is 18.5. The highest BCUT2D eigenvalue weighted by Crippen LogP contribution is 2.34. The van der Waals surface area contributed by atoms with Gasteiger partial charge in [0.05, 0.1) is 11.1 Å². The fourth-order valence-corrected chi connectivity index (χ4v) is 4.74. The molecule has 21 heavy (non-hydrogen) atoms. The topological polar surface area (TPSA) is 37.8 Å². The molecule has 4 rings (SSSR count). The summed E-state index contributed by atoms with van der Waals surface area (Å²) in [7, 11) is 0. The number of nitrogens with zero attached hydrogens (tertiary/aromatic N) is 1. The van der Waals surface area contributed by atoms with Gasteiger partial charge in [-0.2, -0.15) is 0 Å². The summed E-state index contributed by atoms with van der Waals surface area (Å²) in [5.41, 5.74) is 3.16. The zero-order valence-corrected chi connectivity index (χ0v) is 13.2. The number of aryl methyl sites for hydroxylation is 3. The number of nitrogens with one attached hydrogen (secondary N) is 1. The molecule has 1 aliphatic rings. The molecule has 0 saturated carbocycles. The van der Waals surface area contributed by atoms with Gasteiger partial charge in [-0.15, -0.1) is 11.3 Å². The van der Waals surface area contributed by atoms with E-state index in [0.717, 1.165) is 40.7 Å². The van der Waals surface area contributed by atoms with Crippen molar-refractivity contribution in [1.82, 2.24) is 9.55 Å². The summed E-state index contributed by atoms with van der Waals surface area (Å²) in [6, 6.07) is 7.85. The van der Waals surface area contributed by atoms with Crippen LogP contribution in [0.5, 0.6) is 0 Å². The molecular weight excluding hydrogens is 300 g/mol. The summed E-state index contributed by atoms with van der Waals surface area (Å²) < 4.78 is 2.11. The Bertz CT molecular complexity index is 978. The average Bonchev–Trinajstić information content (AvgIpc) is 3.00. The van der Waals surface area contributed by atoms with Gasteiger partial charge >= 0.3 is 0 Å². The minimum atomic E-state index is 0.0162. The van der Waals surface area contributed by atoms with Gasteiger partial charge in [-0.3, -0.25) is 9.36 Å². The highest BCUT2D eigenvalue weighted by atomic mass is 32.1. The summed E-state index contributed by atoms with van der Waals surface area (Å²) in [5.74, 6) is 0. The van der Waals surface area contributed by atoms with E-state index in [0.29, 0.717) is 4.77 Å². The summed E-state index contributed by atoms with van der Waals surface area (Å²) in [6.45, 7) is 2.00. The lowest BCUT2D eigenvalue weighted by Gasteiger charge is -2.09.